The predicted octanol–water partition coefficient (Wildman–Crippen LogP) is 4.55. The molecule has 2 aromatic rings. The van der Waals surface area contributed by atoms with Gasteiger partial charge in [-0.15, -0.1) is 0 Å². The molecule has 4 rings (SSSR count). The van der Waals surface area contributed by atoms with Crippen LogP contribution in [0.5, 0.6) is 5.75 Å². The molecule has 0 radical (unpaired) electrons. The Morgan fingerprint density at radius 3 is 2.89 bits per heavy atom. The summed E-state index contributed by atoms with van der Waals surface area (Å²) in [6.45, 7) is 7.35. The van der Waals surface area contributed by atoms with Gasteiger partial charge in [-0.25, -0.2) is 4.79 Å². The third-order valence-electron chi connectivity index (χ3n) is 7.12. The van der Waals surface area contributed by atoms with Crippen molar-refractivity contribution in [2.75, 3.05) is 6.61 Å². The molecule has 2 aliphatic carbocycles. The number of benzene rings is 1. The number of hydrogen-bond acceptors (Lipinski definition) is 4. The Morgan fingerprint density at radius 1 is 1.30 bits per heavy atom. The number of ether oxygens (including phenoxy) is 1. The summed E-state index contributed by atoms with van der Waals surface area (Å²) >= 11 is 0. The van der Waals surface area contributed by atoms with Crippen molar-refractivity contribution in [2.45, 2.75) is 46.1 Å². The summed E-state index contributed by atoms with van der Waals surface area (Å²) in [6, 6.07) is 8.84. The number of hydrogen-bond donors (Lipinski definition) is 1. The van der Waals surface area contributed by atoms with Gasteiger partial charge in [0, 0.05) is 23.4 Å². The third kappa shape index (κ3) is 3.20. The summed E-state index contributed by atoms with van der Waals surface area (Å²) < 4.78 is 11.4. The largest absolute Gasteiger partial charge is 0.493 e. The minimum Gasteiger partial charge on any atom is -0.493 e. The molecule has 2 aliphatic rings. The minimum absolute atomic E-state index is 0.140. The maximum atomic E-state index is 11.5. The lowest BCUT2D eigenvalue weighted by Gasteiger charge is -2.53. The van der Waals surface area contributed by atoms with Crippen molar-refractivity contribution in [3.8, 4) is 5.75 Å². The molecule has 0 spiro atoms. The lowest BCUT2D eigenvalue weighted by atomic mass is 9.52. The smallest absolute Gasteiger partial charge is 0.336 e. The predicted molar refractivity (Wildman–Crippen MR) is 106 cm³/mol. The van der Waals surface area contributed by atoms with E-state index in [1.54, 1.807) is 12.1 Å². The molecular weight excluding hydrogens is 340 g/mol. The lowest BCUT2D eigenvalue weighted by Crippen LogP contribution is -2.50. The maximum Gasteiger partial charge on any atom is 0.336 e. The Bertz CT molecular complexity index is 927. The van der Waals surface area contributed by atoms with Crippen molar-refractivity contribution in [2.24, 2.45) is 23.2 Å². The molecular formula is C23H28O4. The number of fused-ring (bicyclic) bond motifs is 2. The summed E-state index contributed by atoms with van der Waals surface area (Å²) in [5.41, 5.74) is 1.72. The van der Waals surface area contributed by atoms with Crippen LogP contribution < -0.4 is 10.4 Å². The molecule has 4 heteroatoms. The molecule has 0 aliphatic heterocycles. The fraction of sp³-hybridized carbons (Fsp3) is 0.522. The monoisotopic (exact) mass is 368 g/mol. The summed E-state index contributed by atoms with van der Waals surface area (Å²) in [7, 11) is 0. The van der Waals surface area contributed by atoms with E-state index < -0.39 is 0 Å². The van der Waals surface area contributed by atoms with Crippen LogP contribution in [0.25, 0.3) is 11.0 Å². The molecule has 1 aromatic heterocycles. The Kier molecular flexibility index (Phi) is 4.63. The van der Waals surface area contributed by atoms with Crippen LogP contribution in [0.1, 0.15) is 40.0 Å². The molecule has 0 saturated heterocycles. The molecule has 0 bridgehead atoms. The Morgan fingerprint density at radius 2 is 2.07 bits per heavy atom. The van der Waals surface area contributed by atoms with Crippen molar-refractivity contribution in [1.82, 2.24) is 0 Å². The number of aliphatic hydroxyl groups excluding tert-OH is 1. The van der Waals surface area contributed by atoms with Gasteiger partial charge in [0.25, 0.3) is 0 Å². The van der Waals surface area contributed by atoms with E-state index in [2.05, 4.69) is 26.8 Å². The van der Waals surface area contributed by atoms with Crippen molar-refractivity contribution >= 4 is 11.0 Å². The zero-order valence-corrected chi connectivity index (χ0v) is 16.3. The zero-order valence-electron chi connectivity index (χ0n) is 16.3. The van der Waals surface area contributed by atoms with E-state index in [-0.39, 0.29) is 17.1 Å². The van der Waals surface area contributed by atoms with Crippen LogP contribution in [0.2, 0.25) is 0 Å². The molecule has 0 amide bonds. The lowest BCUT2D eigenvalue weighted by molar-refractivity contribution is -0.0671. The van der Waals surface area contributed by atoms with Crippen LogP contribution in [0.4, 0.5) is 0 Å². The maximum absolute atomic E-state index is 11.5. The first kappa shape index (κ1) is 18.3. The summed E-state index contributed by atoms with van der Waals surface area (Å²) in [4.78, 5) is 11.5. The molecule has 27 heavy (non-hydrogen) atoms. The summed E-state index contributed by atoms with van der Waals surface area (Å²) in [6.07, 6.45) is 5.06. The fourth-order valence-electron chi connectivity index (χ4n) is 5.30. The second-order valence-electron chi connectivity index (χ2n) is 8.58. The first-order valence-electron chi connectivity index (χ1n) is 9.90. The van der Waals surface area contributed by atoms with Crippen LogP contribution >= 0.6 is 0 Å². The number of aliphatic hydroxyl groups is 1. The molecule has 1 aromatic carbocycles. The van der Waals surface area contributed by atoms with Crippen LogP contribution in [0.3, 0.4) is 0 Å². The topological polar surface area (TPSA) is 59.7 Å². The highest BCUT2D eigenvalue weighted by Crippen LogP contribution is 2.55. The van der Waals surface area contributed by atoms with Crippen LogP contribution in [0, 0.1) is 23.2 Å². The first-order chi connectivity index (χ1) is 12.9. The van der Waals surface area contributed by atoms with Gasteiger partial charge in [-0.1, -0.05) is 25.5 Å². The van der Waals surface area contributed by atoms with Crippen molar-refractivity contribution < 1.29 is 14.3 Å². The van der Waals surface area contributed by atoms with Crippen LogP contribution in [0.15, 0.2) is 51.2 Å². The average molecular weight is 368 g/mol. The van der Waals surface area contributed by atoms with Gasteiger partial charge in [0.2, 0.25) is 0 Å². The normalized spacial score (nSPS) is 33.4. The third-order valence-corrected chi connectivity index (χ3v) is 7.12. The van der Waals surface area contributed by atoms with Crippen LogP contribution in [-0.2, 0) is 0 Å². The molecule has 1 N–H and O–H groups in total. The number of allylic oxidation sites excluding steroid dienone is 1. The molecule has 1 heterocycles. The SMILES string of the molecule is CC1=CCC2[C@@H](C)[C@H](O)CC[C@@]2(C)[C@@H]1COc1ccc2ccc(=O)oc2c1. The number of rotatable bonds is 3. The zero-order chi connectivity index (χ0) is 19.2. The van der Waals surface area contributed by atoms with E-state index >= 15 is 0 Å². The molecule has 1 saturated carbocycles. The van der Waals surface area contributed by atoms with Gasteiger partial charge >= 0.3 is 5.63 Å². The van der Waals surface area contributed by atoms with E-state index in [1.807, 2.05) is 12.1 Å². The fourth-order valence-corrected chi connectivity index (χ4v) is 5.30. The first-order valence-corrected chi connectivity index (χ1v) is 9.90. The van der Waals surface area contributed by atoms with Crippen molar-refractivity contribution in [3.63, 3.8) is 0 Å². The summed E-state index contributed by atoms with van der Waals surface area (Å²) in [5, 5.41) is 11.2. The highest BCUT2D eigenvalue weighted by atomic mass is 16.5. The second-order valence-corrected chi connectivity index (χ2v) is 8.58. The molecule has 1 fully saturated rings. The standard InChI is InChI=1S/C23H28O4/c1-14-4-8-18-15(2)20(24)10-11-23(18,3)19(14)13-26-17-7-5-16-6-9-22(25)27-21(16)12-17/h4-7,9,12,15,18-20,24H,8,10-11,13H2,1-3H3/t15-,18?,19-,20-,23-/m1/s1. The Labute approximate surface area is 159 Å². The second kappa shape index (κ2) is 6.83. The van der Waals surface area contributed by atoms with Gasteiger partial charge in [-0.05, 0) is 61.6 Å². The van der Waals surface area contributed by atoms with Gasteiger partial charge in [0.05, 0.1) is 12.7 Å². The molecule has 4 nitrogen and oxygen atoms in total. The highest BCUT2D eigenvalue weighted by Gasteiger charge is 2.50. The van der Waals surface area contributed by atoms with Crippen molar-refractivity contribution in [3.05, 3.63) is 52.4 Å². The van der Waals surface area contributed by atoms with Gasteiger partial charge in [0.1, 0.15) is 11.3 Å². The van der Waals surface area contributed by atoms with E-state index in [0.717, 1.165) is 30.4 Å². The molecule has 144 valence electrons. The van der Waals surface area contributed by atoms with E-state index in [1.165, 1.54) is 11.6 Å². The van der Waals surface area contributed by atoms with E-state index in [9.17, 15) is 9.90 Å². The van der Waals surface area contributed by atoms with E-state index in [0.29, 0.717) is 29.9 Å². The van der Waals surface area contributed by atoms with Gasteiger partial charge in [-0.2, -0.15) is 0 Å². The van der Waals surface area contributed by atoms with Gasteiger partial charge in [0.15, 0.2) is 0 Å². The van der Waals surface area contributed by atoms with E-state index in [4.69, 9.17) is 9.15 Å². The molecule has 1 unspecified atom stereocenters. The summed E-state index contributed by atoms with van der Waals surface area (Å²) in [5.74, 6) is 1.84. The highest BCUT2D eigenvalue weighted by molar-refractivity contribution is 5.77. The Hall–Kier alpha value is -2.07. The van der Waals surface area contributed by atoms with Gasteiger partial charge in [-0.3, -0.25) is 0 Å². The quantitative estimate of drug-likeness (QED) is 0.638. The van der Waals surface area contributed by atoms with Crippen molar-refractivity contribution in [1.29, 1.82) is 0 Å². The average Bonchev–Trinajstić information content (AvgIpc) is 2.64. The van der Waals surface area contributed by atoms with Crippen LogP contribution in [-0.4, -0.2) is 17.8 Å². The Balaban J connectivity index is 1.57. The van der Waals surface area contributed by atoms with Gasteiger partial charge < -0.3 is 14.3 Å². The molecule has 5 atom stereocenters. The minimum atomic E-state index is -0.351.